The van der Waals surface area contributed by atoms with E-state index in [1.165, 1.54) is 0 Å². The third-order valence-corrected chi connectivity index (χ3v) is 5.64. The van der Waals surface area contributed by atoms with E-state index in [0.717, 1.165) is 23.4 Å². The molecule has 0 spiro atoms. The molecule has 1 atom stereocenters. The molecule has 9 nitrogen and oxygen atoms in total. The maximum atomic E-state index is 13.6. The predicted molar refractivity (Wildman–Crippen MR) is 106 cm³/mol. The Morgan fingerprint density at radius 3 is 2.84 bits per heavy atom. The summed E-state index contributed by atoms with van der Waals surface area (Å²) >= 11 is 0. The van der Waals surface area contributed by atoms with Crippen LogP contribution in [0.1, 0.15) is 24.5 Å². The van der Waals surface area contributed by atoms with Crippen molar-refractivity contribution in [2.45, 2.75) is 37.8 Å². The number of halogens is 2. The summed E-state index contributed by atoms with van der Waals surface area (Å²) in [5.74, 6) is 1.01. The highest BCUT2D eigenvalue weighted by Gasteiger charge is 2.45. The molecule has 3 heterocycles. The standard InChI is InChI=1S/C20H21F2N5O4/c21-17(22)13-9-31-20(29)27(13)19-16(10-1-2-10)26-5-6-30-14-7-11(24-8-15(23)28)3-4-12(14)18(26)25-19/h3-4,7,10,13,17,24H,1-2,5-6,8-9H2,(H2,23,28)/t13-/m0/s1. The van der Waals surface area contributed by atoms with Gasteiger partial charge in [0.25, 0.3) is 6.43 Å². The van der Waals surface area contributed by atoms with Crippen LogP contribution in [0.4, 0.5) is 25.1 Å². The van der Waals surface area contributed by atoms with Crippen LogP contribution in [-0.4, -0.2) is 53.8 Å². The summed E-state index contributed by atoms with van der Waals surface area (Å²) in [4.78, 5) is 29.0. The molecule has 1 saturated heterocycles. The predicted octanol–water partition coefficient (Wildman–Crippen LogP) is 2.31. The van der Waals surface area contributed by atoms with Gasteiger partial charge in [-0.25, -0.2) is 23.5 Å². The number of aromatic nitrogens is 2. The summed E-state index contributed by atoms with van der Waals surface area (Å²) in [5.41, 5.74) is 7.28. The van der Waals surface area contributed by atoms with Gasteiger partial charge in [-0.15, -0.1) is 0 Å². The molecular formula is C20H21F2N5O4. The third kappa shape index (κ3) is 3.43. The number of alkyl halides is 2. The monoisotopic (exact) mass is 433 g/mol. The zero-order chi connectivity index (χ0) is 21.7. The molecule has 0 radical (unpaired) electrons. The lowest BCUT2D eigenvalue weighted by atomic mass is 10.1. The van der Waals surface area contributed by atoms with Crippen molar-refractivity contribution in [3.05, 3.63) is 23.9 Å². The first-order valence-corrected chi connectivity index (χ1v) is 10.1. The number of fused-ring (bicyclic) bond motifs is 3. The molecule has 1 aliphatic carbocycles. The van der Waals surface area contributed by atoms with Crippen molar-refractivity contribution in [2.75, 3.05) is 30.0 Å². The first-order valence-electron chi connectivity index (χ1n) is 10.1. The molecule has 0 unspecified atom stereocenters. The normalized spacial score (nSPS) is 20.0. The number of hydrogen-bond acceptors (Lipinski definition) is 6. The average Bonchev–Trinajstić information content (AvgIpc) is 3.44. The van der Waals surface area contributed by atoms with Gasteiger partial charge in [-0.05, 0) is 25.0 Å². The highest BCUT2D eigenvalue weighted by atomic mass is 19.3. The minimum Gasteiger partial charge on any atom is -0.491 e. The van der Waals surface area contributed by atoms with Gasteiger partial charge in [0.15, 0.2) is 5.82 Å². The first kappa shape index (κ1) is 19.6. The fraction of sp³-hybridized carbons (Fsp3) is 0.450. The van der Waals surface area contributed by atoms with Crippen LogP contribution >= 0.6 is 0 Å². The summed E-state index contributed by atoms with van der Waals surface area (Å²) in [6.07, 6.45) is -1.73. The number of rotatable bonds is 6. The van der Waals surface area contributed by atoms with E-state index in [1.807, 2.05) is 4.57 Å². The van der Waals surface area contributed by atoms with Gasteiger partial charge >= 0.3 is 6.09 Å². The third-order valence-electron chi connectivity index (χ3n) is 5.64. The second kappa shape index (κ2) is 7.40. The highest BCUT2D eigenvalue weighted by molar-refractivity contribution is 5.91. The van der Waals surface area contributed by atoms with Gasteiger partial charge in [-0.1, -0.05) is 0 Å². The number of carbonyl (C=O) groups excluding carboxylic acids is 2. The van der Waals surface area contributed by atoms with E-state index < -0.39 is 24.5 Å². The minimum atomic E-state index is -2.74. The van der Waals surface area contributed by atoms with E-state index in [1.54, 1.807) is 18.2 Å². The van der Waals surface area contributed by atoms with Crippen molar-refractivity contribution in [3.63, 3.8) is 0 Å². The highest BCUT2D eigenvalue weighted by Crippen LogP contribution is 2.48. The quantitative estimate of drug-likeness (QED) is 0.723. The lowest BCUT2D eigenvalue weighted by molar-refractivity contribution is -0.116. The Labute approximate surface area is 176 Å². The van der Waals surface area contributed by atoms with Crippen molar-refractivity contribution in [1.82, 2.24) is 9.55 Å². The molecule has 11 heteroatoms. The van der Waals surface area contributed by atoms with Crippen LogP contribution in [0.5, 0.6) is 5.75 Å². The number of benzene rings is 1. The van der Waals surface area contributed by atoms with Gasteiger partial charge in [0.2, 0.25) is 5.91 Å². The molecule has 1 aromatic carbocycles. The van der Waals surface area contributed by atoms with Crippen molar-refractivity contribution in [1.29, 1.82) is 0 Å². The number of primary amides is 1. The van der Waals surface area contributed by atoms with Gasteiger partial charge < -0.3 is 25.1 Å². The zero-order valence-corrected chi connectivity index (χ0v) is 16.5. The van der Waals surface area contributed by atoms with Crippen LogP contribution in [0.2, 0.25) is 0 Å². The molecule has 2 fully saturated rings. The number of ether oxygens (including phenoxy) is 2. The topological polar surface area (TPSA) is 112 Å². The van der Waals surface area contributed by atoms with Crippen LogP contribution in [0, 0.1) is 0 Å². The second-order valence-corrected chi connectivity index (χ2v) is 7.80. The Hall–Kier alpha value is -3.37. The van der Waals surface area contributed by atoms with E-state index in [0.29, 0.717) is 36.0 Å². The molecule has 31 heavy (non-hydrogen) atoms. The Kier molecular flexibility index (Phi) is 4.67. The number of cyclic esters (lactones) is 1. The van der Waals surface area contributed by atoms with E-state index in [2.05, 4.69) is 10.3 Å². The summed E-state index contributed by atoms with van der Waals surface area (Å²) in [6.45, 7) is 0.430. The van der Waals surface area contributed by atoms with Crippen LogP contribution in [-0.2, 0) is 16.1 Å². The molecule has 1 saturated carbocycles. The Morgan fingerprint density at radius 2 is 2.13 bits per heavy atom. The lowest BCUT2D eigenvalue weighted by Crippen LogP contribution is -2.39. The molecule has 3 aliphatic rings. The van der Waals surface area contributed by atoms with E-state index >= 15 is 0 Å². The van der Waals surface area contributed by atoms with Crippen LogP contribution in [0.25, 0.3) is 11.4 Å². The summed E-state index contributed by atoms with van der Waals surface area (Å²) in [6, 6.07) is 3.93. The summed E-state index contributed by atoms with van der Waals surface area (Å²) in [7, 11) is 0. The van der Waals surface area contributed by atoms with Gasteiger partial charge in [-0.3, -0.25) is 4.79 Å². The van der Waals surface area contributed by atoms with Crippen molar-refractivity contribution in [3.8, 4) is 17.1 Å². The van der Waals surface area contributed by atoms with E-state index in [9.17, 15) is 18.4 Å². The smallest absolute Gasteiger partial charge is 0.416 e. The largest absolute Gasteiger partial charge is 0.491 e. The van der Waals surface area contributed by atoms with Gasteiger partial charge in [-0.2, -0.15) is 0 Å². The first-order chi connectivity index (χ1) is 14.9. The molecule has 0 bridgehead atoms. The number of carbonyl (C=O) groups is 2. The molecule has 5 rings (SSSR count). The molecule has 3 N–H and O–H groups in total. The van der Waals surface area contributed by atoms with Crippen molar-refractivity contribution in [2.24, 2.45) is 5.73 Å². The molecular weight excluding hydrogens is 412 g/mol. The fourth-order valence-corrected chi connectivity index (χ4v) is 4.06. The van der Waals surface area contributed by atoms with Gasteiger partial charge in [0.05, 0.1) is 24.3 Å². The number of nitrogens with zero attached hydrogens (tertiary/aromatic N) is 3. The Bertz CT molecular complexity index is 1050. The number of hydrogen-bond donors (Lipinski definition) is 2. The molecule has 2 amide bonds. The van der Waals surface area contributed by atoms with Crippen molar-refractivity contribution < 1.29 is 27.8 Å². The molecule has 164 valence electrons. The zero-order valence-electron chi connectivity index (χ0n) is 16.5. The number of amides is 2. The summed E-state index contributed by atoms with van der Waals surface area (Å²) < 4.78 is 40.0. The lowest BCUT2D eigenvalue weighted by Gasteiger charge is -2.20. The Balaban J connectivity index is 1.59. The van der Waals surface area contributed by atoms with Gasteiger partial charge in [0.1, 0.15) is 30.8 Å². The average molecular weight is 433 g/mol. The number of anilines is 2. The number of nitrogens with one attached hydrogen (secondary N) is 1. The van der Waals surface area contributed by atoms with E-state index in [4.69, 9.17) is 15.2 Å². The number of imidazole rings is 1. The summed E-state index contributed by atoms with van der Waals surface area (Å²) in [5, 5.41) is 2.92. The van der Waals surface area contributed by atoms with Crippen molar-refractivity contribution >= 4 is 23.5 Å². The SMILES string of the molecule is NC(=O)CNc1ccc2c(c1)OCCn1c-2nc(N2C(=O)OC[C@H]2C(F)F)c1C1CC1. The molecule has 2 aliphatic heterocycles. The maximum absolute atomic E-state index is 13.6. The minimum absolute atomic E-state index is 0.0184. The van der Waals surface area contributed by atoms with Crippen LogP contribution in [0.15, 0.2) is 18.2 Å². The van der Waals surface area contributed by atoms with Gasteiger partial charge in [0, 0.05) is 17.7 Å². The van der Waals surface area contributed by atoms with Crippen LogP contribution in [0.3, 0.4) is 0 Å². The maximum Gasteiger partial charge on any atom is 0.416 e. The Morgan fingerprint density at radius 1 is 1.32 bits per heavy atom. The number of nitrogens with two attached hydrogens (primary N) is 1. The fourth-order valence-electron chi connectivity index (χ4n) is 4.06. The molecule has 1 aromatic heterocycles. The second-order valence-electron chi connectivity index (χ2n) is 7.80. The van der Waals surface area contributed by atoms with E-state index in [-0.39, 0.29) is 24.9 Å². The molecule has 2 aromatic rings. The van der Waals surface area contributed by atoms with Crippen LogP contribution < -0.4 is 20.7 Å².